The fraction of sp³-hybridized carbons (Fsp3) is 0.900. The summed E-state index contributed by atoms with van der Waals surface area (Å²) in [5, 5.41) is 8.42. The van der Waals surface area contributed by atoms with E-state index < -0.39 is 22.0 Å². The van der Waals surface area contributed by atoms with E-state index in [-0.39, 0.29) is 11.2 Å². The lowest BCUT2D eigenvalue weighted by Crippen LogP contribution is -2.35. The van der Waals surface area contributed by atoms with Crippen LogP contribution in [0, 0.1) is 5.92 Å². The van der Waals surface area contributed by atoms with Crippen molar-refractivity contribution < 1.29 is 14.1 Å². The van der Waals surface area contributed by atoms with Crippen molar-refractivity contribution in [2.45, 2.75) is 50.0 Å². The minimum absolute atomic E-state index is 0.0473. The summed E-state index contributed by atoms with van der Waals surface area (Å²) < 4.78 is 12.0. The highest BCUT2D eigenvalue weighted by Gasteiger charge is 2.34. The molecule has 82 valence electrons. The minimum Gasteiger partial charge on any atom is -0.480 e. The van der Waals surface area contributed by atoms with E-state index in [0.717, 1.165) is 25.7 Å². The highest BCUT2D eigenvalue weighted by Crippen LogP contribution is 2.27. The molecule has 1 aliphatic carbocycles. The molecule has 1 saturated carbocycles. The Balaban J connectivity index is 2.67. The maximum Gasteiger partial charge on any atom is 0.319 e. The summed E-state index contributed by atoms with van der Waals surface area (Å²) in [6, 6.07) is 0. The third-order valence-electron chi connectivity index (χ3n) is 2.73. The fourth-order valence-corrected chi connectivity index (χ4v) is 3.93. The van der Waals surface area contributed by atoms with Gasteiger partial charge in [0.05, 0.1) is 0 Å². The van der Waals surface area contributed by atoms with Crippen LogP contribution in [0.25, 0.3) is 0 Å². The smallest absolute Gasteiger partial charge is 0.319 e. The van der Waals surface area contributed by atoms with E-state index in [2.05, 4.69) is 0 Å². The Morgan fingerprint density at radius 1 is 1.36 bits per heavy atom. The first-order chi connectivity index (χ1) is 6.54. The molecule has 2 atom stereocenters. The third-order valence-corrected chi connectivity index (χ3v) is 5.10. The van der Waals surface area contributed by atoms with Gasteiger partial charge in [-0.15, -0.1) is 0 Å². The van der Waals surface area contributed by atoms with Gasteiger partial charge in [0.25, 0.3) is 0 Å². The number of aliphatic carboxylic acids is 1. The van der Waals surface area contributed by atoms with E-state index in [1.165, 1.54) is 0 Å². The van der Waals surface area contributed by atoms with E-state index in [1.54, 1.807) is 0 Å². The summed E-state index contributed by atoms with van der Waals surface area (Å²) in [6.45, 7) is 3.65. The van der Waals surface area contributed by atoms with Crippen molar-refractivity contribution in [3.63, 3.8) is 0 Å². The molecule has 0 aromatic carbocycles. The van der Waals surface area contributed by atoms with Crippen molar-refractivity contribution in [3.8, 4) is 0 Å². The molecule has 1 rings (SSSR count). The average molecular weight is 218 g/mol. The molecule has 2 unspecified atom stereocenters. The Labute approximate surface area is 87.3 Å². The van der Waals surface area contributed by atoms with Crippen molar-refractivity contribution in [1.29, 1.82) is 0 Å². The van der Waals surface area contributed by atoms with Crippen LogP contribution in [0.15, 0.2) is 0 Å². The monoisotopic (exact) mass is 218 g/mol. The Morgan fingerprint density at radius 2 is 1.86 bits per heavy atom. The predicted molar refractivity (Wildman–Crippen MR) is 56.7 cm³/mol. The second-order valence-corrected chi connectivity index (χ2v) is 6.07. The maximum absolute atomic E-state index is 12.0. The van der Waals surface area contributed by atoms with Crippen LogP contribution >= 0.6 is 0 Å². The molecule has 0 saturated heterocycles. The van der Waals surface area contributed by atoms with Crippen LogP contribution in [0.4, 0.5) is 0 Å². The molecule has 0 aromatic rings. The van der Waals surface area contributed by atoms with Gasteiger partial charge in [0.2, 0.25) is 0 Å². The second-order valence-electron chi connectivity index (χ2n) is 4.24. The van der Waals surface area contributed by atoms with Crippen molar-refractivity contribution in [2.75, 3.05) is 0 Å². The molecule has 1 N–H and O–H groups in total. The summed E-state index contributed by atoms with van der Waals surface area (Å²) in [6.07, 6.45) is 4.06. The molecule has 0 bridgehead atoms. The molecular weight excluding hydrogens is 200 g/mol. The number of hydrogen-bond acceptors (Lipinski definition) is 2. The van der Waals surface area contributed by atoms with Crippen LogP contribution in [0.3, 0.4) is 0 Å². The topological polar surface area (TPSA) is 54.4 Å². The Bertz CT molecular complexity index is 232. The first kappa shape index (κ1) is 11.7. The summed E-state index contributed by atoms with van der Waals surface area (Å²) in [7, 11) is -1.19. The SMILES string of the molecule is CC(C)C(C(=O)O)S(=O)C1CCCC1. The summed E-state index contributed by atoms with van der Waals surface area (Å²) >= 11 is 0. The lowest BCUT2D eigenvalue weighted by molar-refractivity contribution is -0.137. The first-order valence-corrected chi connectivity index (χ1v) is 6.44. The number of carbonyl (C=O) groups is 1. The van der Waals surface area contributed by atoms with Crippen molar-refractivity contribution in [1.82, 2.24) is 0 Å². The van der Waals surface area contributed by atoms with E-state index in [4.69, 9.17) is 5.11 Å². The Kier molecular flexibility index (Phi) is 4.11. The zero-order valence-corrected chi connectivity index (χ0v) is 9.55. The minimum atomic E-state index is -1.19. The molecule has 0 aromatic heterocycles. The second kappa shape index (κ2) is 4.91. The maximum atomic E-state index is 12.0. The molecule has 0 heterocycles. The number of carboxylic acid groups (broad SMARTS) is 1. The predicted octanol–water partition coefficient (Wildman–Crippen LogP) is 1.79. The first-order valence-electron chi connectivity index (χ1n) is 5.16. The van der Waals surface area contributed by atoms with E-state index in [0.29, 0.717) is 0 Å². The van der Waals surface area contributed by atoms with Gasteiger partial charge in [0, 0.05) is 16.0 Å². The van der Waals surface area contributed by atoms with E-state index in [1.807, 2.05) is 13.8 Å². The molecule has 0 aliphatic heterocycles. The van der Waals surface area contributed by atoms with Crippen molar-refractivity contribution in [2.24, 2.45) is 5.92 Å². The van der Waals surface area contributed by atoms with Crippen LogP contribution in [0.5, 0.6) is 0 Å². The lowest BCUT2D eigenvalue weighted by atomic mass is 10.1. The van der Waals surface area contributed by atoms with Gasteiger partial charge < -0.3 is 5.11 Å². The summed E-state index contributed by atoms with van der Waals surface area (Å²) in [5.41, 5.74) is 0. The number of hydrogen-bond donors (Lipinski definition) is 1. The highest BCUT2D eigenvalue weighted by molar-refractivity contribution is 7.87. The van der Waals surface area contributed by atoms with Gasteiger partial charge in [-0.05, 0) is 18.8 Å². The fourth-order valence-electron chi connectivity index (χ4n) is 1.98. The molecule has 0 spiro atoms. The van der Waals surface area contributed by atoms with Gasteiger partial charge in [0.15, 0.2) is 0 Å². The molecule has 3 nitrogen and oxygen atoms in total. The normalized spacial score (nSPS) is 22.5. The molecule has 0 radical (unpaired) electrons. The highest BCUT2D eigenvalue weighted by atomic mass is 32.2. The molecule has 0 amide bonds. The van der Waals surface area contributed by atoms with E-state index >= 15 is 0 Å². The largest absolute Gasteiger partial charge is 0.480 e. The molecule has 1 fully saturated rings. The summed E-state index contributed by atoms with van der Waals surface area (Å²) in [4.78, 5) is 10.9. The summed E-state index contributed by atoms with van der Waals surface area (Å²) in [5.74, 6) is -0.959. The van der Waals surface area contributed by atoms with Gasteiger partial charge >= 0.3 is 5.97 Å². The van der Waals surface area contributed by atoms with Crippen LogP contribution < -0.4 is 0 Å². The number of rotatable bonds is 4. The standard InChI is InChI=1S/C10H18O3S/c1-7(2)9(10(11)12)14(13)8-5-3-4-6-8/h7-9H,3-6H2,1-2H3,(H,11,12). The zero-order chi connectivity index (χ0) is 10.7. The van der Waals surface area contributed by atoms with Gasteiger partial charge in [-0.1, -0.05) is 26.7 Å². The van der Waals surface area contributed by atoms with Gasteiger partial charge in [-0.3, -0.25) is 9.00 Å². The third kappa shape index (κ3) is 2.56. The number of carboxylic acids is 1. The average Bonchev–Trinajstić information content (AvgIpc) is 2.53. The van der Waals surface area contributed by atoms with Gasteiger partial charge in [-0.25, -0.2) is 0 Å². The zero-order valence-electron chi connectivity index (χ0n) is 8.73. The Morgan fingerprint density at radius 3 is 2.21 bits per heavy atom. The van der Waals surface area contributed by atoms with Crippen molar-refractivity contribution in [3.05, 3.63) is 0 Å². The van der Waals surface area contributed by atoms with Crippen molar-refractivity contribution >= 4 is 16.8 Å². The molecule has 4 heteroatoms. The van der Waals surface area contributed by atoms with E-state index in [9.17, 15) is 9.00 Å². The molecular formula is C10H18O3S. The molecule has 14 heavy (non-hydrogen) atoms. The molecule has 1 aliphatic rings. The quantitative estimate of drug-likeness (QED) is 0.782. The lowest BCUT2D eigenvalue weighted by Gasteiger charge is -2.19. The van der Waals surface area contributed by atoms with Crippen LogP contribution in [-0.4, -0.2) is 25.8 Å². The Hall–Kier alpha value is -0.380. The van der Waals surface area contributed by atoms with Crippen LogP contribution in [0.2, 0.25) is 0 Å². The van der Waals surface area contributed by atoms with Crippen LogP contribution in [0.1, 0.15) is 39.5 Å². The van der Waals surface area contributed by atoms with Crippen LogP contribution in [-0.2, 0) is 15.6 Å². The van der Waals surface area contributed by atoms with Gasteiger partial charge in [-0.2, -0.15) is 0 Å². The van der Waals surface area contributed by atoms with Gasteiger partial charge in [0.1, 0.15) is 5.25 Å².